The molecular formula is C14H24O7. The van der Waals surface area contributed by atoms with Gasteiger partial charge in [0.15, 0.2) is 0 Å². The van der Waals surface area contributed by atoms with Crippen molar-refractivity contribution in [3.63, 3.8) is 0 Å². The molecule has 1 unspecified atom stereocenters. The van der Waals surface area contributed by atoms with Crippen LogP contribution in [0.1, 0.15) is 40.0 Å². The smallest absolute Gasteiger partial charge is 0.304 e. The second-order valence-corrected chi connectivity index (χ2v) is 5.06. The van der Waals surface area contributed by atoms with E-state index in [1.807, 2.05) is 0 Å². The van der Waals surface area contributed by atoms with Crippen LogP contribution in [0.2, 0.25) is 0 Å². The molecule has 0 aromatic heterocycles. The third-order valence-electron chi connectivity index (χ3n) is 3.06. The third-order valence-corrected chi connectivity index (χ3v) is 3.06. The fraction of sp³-hybridized carbons (Fsp3) is 0.857. The molecule has 0 spiro atoms. The van der Waals surface area contributed by atoms with Crippen molar-refractivity contribution in [1.29, 1.82) is 0 Å². The highest BCUT2D eigenvalue weighted by Crippen LogP contribution is 2.26. The van der Waals surface area contributed by atoms with Crippen LogP contribution in [-0.2, 0) is 33.3 Å². The molecule has 122 valence electrons. The van der Waals surface area contributed by atoms with E-state index in [9.17, 15) is 9.59 Å². The Bertz CT molecular complexity index is 342. The van der Waals surface area contributed by atoms with Crippen molar-refractivity contribution in [1.82, 2.24) is 0 Å². The Morgan fingerprint density at radius 2 is 1.95 bits per heavy atom. The molecule has 0 N–H and O–H groups in total. The van der Waals surface area contributed by atoms with Crippen molar-refractivity contribution in [3.8, 4) is 0 Å². The fourth-order valence-electron chi connectivity index (χ4n) is 2.32. The molecule has 1 aliphatic rings. The summed E-state index contributed by atoms with van der Waals surface area (Å²) in [6.45, 7) is 4.64. The largest absolute Gasteiger partial charge is 0.463 e. The Morgan fingerprint density at radius 3 is 2.52 bits per heavy atom. The van der Waals surface area contributed by atoms with Crippen molar-refractivity contribution in [2.24, 2.45) is 0 Å². The summed E-state index contributed by atoms with van der Waals surface area (Å²) >= 11 is 0. The van der Waals surface area contributed by atoms with Crippen LogP contribution in [0.25, 0.3) is 0 Å². The first-order chi connectivity index (χ1) is 9.92. The zero-order valence-electron chi connectivity index (χ0n) is 13.0. The second kappa shape index (κ2) is 8.96. The van der Waals surface area contributed by atoms with Gasteiger partial charge >= 0.3 is 11.9 Å². The van der Waals surface area contributed by atoms with E-state index in [0.717, 1.165) is 0 Å². The van der Waals surface area contributed by atoms with Crippen LogP contribution in [0.3, 0.4) is 0 Å². The summed E-state index contributed by atoms with van der Waals surface area (Å²) < 4.78 is 26.4. The van der Waals surface area contributed by atoms with Gasteiger partial charge in [0, 0.05) is 33.8 Å². The Balaban J connectivity index is 2.59. The minimum Gasteiger partial charge on any atom is -0.463 e. The molecule has 0 aliphatic carbocycles. The van der Waals surface area contributed by atoms with Gasteiger partial charge in [0.2, 0.25) is 6.29 Å². The topological polar surface area (TPSA) is 80.3 Å². The molecule has 1 saturated heterocycles. The summed E-state index contributed by atoms with van der Waals surface area (Å²) in [5.74, 6) is -0.729. The molecule has 0 amide bonds. The molecule has 1 fully saturated rings. The van der Waals surface area contributed by atoms with Gasteiger partial charge in [-0.2, -0.15) is 0 Å². The molecular weight excluding hydrogens is 280 g/mol. The van der Waals surface area contributed by atoms with E-state index < -0.39 is 6.29 Å². The lowest BCUT2D eigenvalue weighted by Gasteiger charge is -2.36. The van der Waals surface area contributed by atoms with E-state index >= 15 is 0 Å². The van der Waals surface area contributed by atoms with Crippen LogP contribution >= 0.6 is 0 Å². The lowest BCUT2D eigenvalue weighted by Crippen LogP contribution is -2.44. The Kier molecular flexibility index (Phi) is 7.63. The predicted octanol–water partition coefficient (Wildman–Crippen LogP) is 1.39. The summed E-state index contributed by atoms with van der Waals surface area (Å²) in [6.07, 6.45) is 0.302. The molecule has 0 aromatic carbocycles. The normalized spacial score (nSPS) is 27.0. The lowest BCUT2D eigenvalue weighted by atomic mass is 9.99. The van der Waals surface area contributed by atoms with Crippen LogP contribution in [0.15, 0.2) is 0 Å². The molecule has 21 heavy (non-hydrogen) atoms. The molecule has 4 atom stereocenters. The van der Waals surface area contributed by atoms with Gasteiger partial charge in [-0.1, -0.05) is 0 Å². The first-order valence-corrected chi connectivity index (χ1v) is 7.02. The first-order valence-electron chi connectivity index (χ1n) is 7.02. The van der Waals surface area contributed by atoms with Gasteiger partial charge in [0.25, 0.3) is 0 Å². The number of hydrogen-bond donors (Lipinski definition) is 0. The highest BCUT2D eigenvalue weighted by molar-refractivity contribution is 5.66. The SMILES string of the molecule is COCO[C@H]1CCC(OC(C)=O)O[C@@H]1C[C@H](C)OC(C)=O. The van der Waals surface area contributed by atoms with Crippen molar-refractivity contribution in [2.75, 3.05) is 13.9 Å². The van der Waals surface area contributed by atoms with Gasteiger partial charge in [-0.3, -0.25) is 9.59 Å². The number of carbonyl (C=O) groups is 2. The van der Waals surface area contributed by atoms with Crippen LogP contribution in [0, 0.1) is 0 Å². The number of rotatable bonds is 7. The van der Waals surface area contributed by atoms with Crippen molar-refractivity contribution in [3.05, 3.63) is 0 Å². The maximum absolute atomic E-state index is 11.0. The van der Waals surface area contributed by atoms with Gasteiger partial charge in [-0.05, 0) is 13.3 Å². The molecule has 1 heterocycles. The van der Waals surface area contributed by atoms with E-state index in [2.05, 4.69) is 0 Å². The van der Waals surface area contributed by atoms with Gasteiger partial charge in [-0.25, -0.2) is 0 Å². The molecule has 7 heteroatoms. The van der Waals surface area contributed by atoms with Gasteiger partial charge in [0.1, 0.15) is 12.9 Å². The number of ether oxygens (including phenoxy) is 5. The van der Waals surface area contributed by atoms with E-state index in [1.54, 1.807) is 14.0 Å². The lowest BCUT2D eigenvalue weighted by molar-refractivity contribution is -0.241. The van der Waals surface area contributed by atoms with Crippen LogP contribution in [0.4, 0.5) is 0 Å². The summed E-state index contributed by atoms with van der Waals surface area (Å²) in [6, 6.07) is 0. The highest BCUT2D eigenvalue weighted by atomic mass is 16.7. The summed E-state index contributed by atoms with van der Waals surface area (Å²) in [5.41, 5.74) is 0. The van der Waals surface area contributed by atoms with Crippen molar-refractivity contribution < 1.29 is 33.3 Å². The second-order valence-electron chi connectivity index (χ2n) is 5.06. The zero-order chi connectivity index (χ0) is 15.8. The summed E-state index contributed by atoms with van der Waals surface area (Å²) in [7, 11) is 1.54. The molecule has 0 radical (unpaired) electrons. The van der Waals surface area contributed by atoms with Crippen molar-refractivity contribution >= 4 is 11.9 Å². The fourth-order valence-corrected chi connectivity index (χ4v) is 2.32. The van der Waals surface area contributed by atoms with Gasteiger partial charge in [0.05, 0.1) is 12.2 Å². The molecule has 0 bridgehead atoms. The first kappa shape index (κ1) is 17.9. The van der Waals surface area contributed by atoms with E-state index in [-0.39, 0.29) is 37.0 Å². The quantitative estimate of drug-likeness (QED) is 0.519. The highest BCUT2D eigenvalue weighted by Gasteiger charge is 2.34. The number of esters is 2. The summed E-state index contributed by atoms with van der Waals surface area (Å²) in [5, 5.41) is 0. The van der Waals surface area contributed by atoms with Gasteiger partial charge < -0.3 is 23.7 Å². The standard InChI is InChI=1S/C14H24O7/c1-9(19-10(2)15)7-13-12(18-8-17-4)5-6-14(21-13)20-11(3)16/h9,12-14H,5-8H2,1-4H3/t9-,12-,13+,14?/m0/s1. The maximum atomic E-state index is 11.0. The number of hydrogen-bond acceptors (Lipinski definition) is 7. The van der Waals surface area contributed by atoms with Crippen LogP contribution < -0.4 is 0 Å². The molecule has 1 aliphatic heterocycles. The number of methoxy groups -OCH3 is 1. The maximum Gasteiger partial charge on any atom is 0.304 e. The molecule has 1 rings (SSSR count). The molecule has 0 saturated carbocycles. The van der Waals surface area contributed by atoms with Gasteiger partial charge in [-0.15, -0.1) is 0 Å². The summed E-state index contributed by atoms with van der Waals surface area (Å²) in [4.78, 5) is 22.0. The number of carbonyl (C=O) groups excluding carboxylic acids is 2. The Hall–Kier alpha value is -1.18. The average molecular weight is 304 g/mol. The minimum absolute atomic E-state index is 0.157. The Labute approximate surface area is 124 Å². The Morgan fingerprint density at radius 1 is 1.24 bits per heavy atom. The predicted molar refractivity (Wildman–Crippen MR) is 72.3 cm³/mol. The monoisotopic (exact) mass is 304 g/mol. The van der Waals surface area contributed by atoms with Crippen molar-refractivity contribution in [2.45, 2.75) is 64.6 Å². The van der Waals surface area contributed by atoms with Crippen LogP contribution in [-0.4, -0.2) is 50.4 Å². The zero-order valence-corrected chi connectivity index (χ0v) is 13.0. The molecule has 7 nitrogen and oxygen atoms in total. The van der Waals surface area contributed by atoms with E-state index in [4.69, 9.17) is 23.7 Å². The molecule has 0 aromatic rings. The average Bonchev–Trinajstić information content (AvgIpc) is 2.36. The third kappa shape index (κ3) is 6.88. The minimum atomic E-state index is -0.584. The van der Waals surface area contributed by atoms with E-state index in [0.29, 0.717) is 19.3 Å². The van der Waals surface area contributed by atoms with E-state index in [1.165, 1.54) is 13.8 Å². The van der Waals surface area contributed by atoms with Crippen LogP contribution in [0.5, 0.6) is 0 Å².